The monoisotopic (exact) mass is 350 g/mol. The van der Waals surface area contributed by atoms with Gasteiger partial charge in [0.05, 0.1) is 5.56 Å². The van der Waals surface area contributed by atoms with Crippen LogP contribution in [0.3, 0.4) is 0 Å². The molecule has 25 heavy (non-hydrogen) atoms. The lowest BCUT2D eigenvalue weighted by Crippen LogP contribution is -2.30. The maximum Gasteiger partial charge on any atom is 0.416 e. The van der Waals surface area contributed by atoms with Crippen molar-refractivity contribution in [1.29, 1.82) is 0 Å². The normalized spacial score (nSPS) is 11.3. The van der Waals surface area contributed by atoms with Crippen molar-refractivity contribution in [2.75, 3.05) is 5.32 Å². The van der Waals surface area contributed by atoms with Gasteiger partial charge in [0.25, 0.3) is 11.8 Å². The summed E-state index contributed by atoms with van der Waals surface area (Å²) in [5, 5.41) is 5.22. The van der Waals surface area contributed by atoms with Crippen molar-refractivity contribution < 1.29 is 22.8 Å². The van der Waals surface area contributed by atoms with Crippen molar-refractivity contribution in [3.63, 3.8) is 0 Å². The molecule has 0 aliphatic rings. The summed E-state index contributed by atoms with van der Waals surface area (Å²) in [6.45, 7) is 3.64. The van der Waals surface area contributed by atoms with Gasteiger partial charge >= 0.3 is 6.18 Å². The molecule has 0 fully saturated rings. The topological polar surface area (TPSA) is 58.2 Å². The van der Waals surface area contributed by atoms with E-state index < -0.39 is 17.6 Å². The number of carbonyl (C=O) groups excluding carboxylic acids is 2. The van der Waals surface area contributed by atoms with Gasteiger partial charge in [-0.3, -0.25) is 9.59 Å². The predicted octanol–water partition coefficient (Wildman–Crippen LogP) is 4.10. The van der Waals surface area contributed by atoms with E-state index >= 15 is 0 Å². The van der Waals surface area contributed by atoms with E-state index in [0.29, 0.717) is 5.56 Å². The number of hydrogen-bond donors (Lipinski definition) is 2. The van der Waals surface area contributed by atoms with E-state index in [1.807, 2.05) is 13.8 Å². The first-order valence-corrected chi connectivity index (χ1v) is 7.56. The molecule has 0 saturated carbocycles. The summed E-state index contributed by atoms with van der Waals surface area (Å²) >= 11 is 0. The maximum atomic E-state index is 12.5. The number of rotatable bonds is 4. The Kier molecular flexibility index (Phi) is 5.46. The summed E-state index contributed by atoms with van der Waals surface area (Å²) in [4.78, 5) is 24.2. The van der Waals surface area contributed by atoms with Crippen LogP contribution in [0.2, 0.25) is 0 Å². The van der Waals surface area contributed by atoms with Gasteiger partial charge in [-0.15, -0.1) is 0 Å². The Morgan fingerprint density at radius 1 is 0.920 bits per heavy atom. The highest BCUT2D eigenvalue weighted by molar-refractivity contribution is 6.06. The van der Waals surface area contributed by atoms with E-state index in [0.717, 1.165) is 12.1 Å². The third kappa shape index (κ3) is 5.07. The molecular weight excluding hydrogens is 333 g/mol. The van der Waals surface area contributed by atoms with E-state index in [2.05, 4.69) is 10.6 Å². The molecule has 0 heterocycles. The minimum atomic E-state index is -4.43. The van der Waals surface area contributed by atoms with Crippen molar-refractivity contribution in [2.24, 2.45) is 0 Å². The van der Waals surface area contributed by atoms with Gasteiger partial charge in [-0.25, -0.2) is 0 Å². The van der Waals surface area contributed by atoms with Crippen LogP contribution in [0.4, 0.5) is 18.9 Å². The van der Waals surface area contributed by atoms with Gasteiger partial charge in [0.1, 0.15) is 0 Å². The molecule has 0 unspecified atom stereocenters. The third-order valence-electron chi connectivity index (χ3n) is 3.28. The second-order valence-corrected chi connectivity index (χ2v) is 5.74. The standard InChI is InChI=1S/C18H17F3N2O2/c1-11(2)22-16(24)12-4-3-5-13(10-12)17(25)23-15-8-6-14(7-9-15)18(19,20)21/h3-11H,1-2H3,(H,22,24)(H,23,25). The van der Waals surface area contributed by atoms with Crippen LogP contribution in [0.25, 0.3) is 0 Å². The zero-order valence-electron chi connectivity index (χ0n) is 13.6. The maximum absolute atomic E-state index is 12.5. The highest BCUT2D eigenvalue weighted by Crippen LogP contribution is 2.29. The van der Waals surface area contributed by atoms with Crippen molar-refractivity contribution in [3.05, 3.63) is 65.2 Å². The van der Waals surface area contributed by atoms with Crippen molar-refractivity contribution in [3.8, 4) is 0 Å². The molecule has 7 heteroatoms. The van der Waals surface area contributed by atoms with Crippen LogP contribution >= 0.6 is 0 Å². The number of hydrogen-bond acceptors (Lipinski definition) is 2. The number of nitrogens with one attached hydrogen (secondary N) is 2. The van der Waals surface area contributed by atoms with E-state index in [-0.39, 0.29) is 23.2 Å². The number of carbonyl (C=O) groups is 2. The lowest BCUT2D eigenvalue weighted by molar-refractivity contribution is -0.137. The Bertz CT molecular complexity index is 769. The number of halogens is 3. The van der Waals surface area contributed by atoms with Gasteiger partial charge in [0.2, 0.25) is 0 Å². The number of amides is 2. The predicted molar refractivity (Wildman–Crippen MR) is 88.4 cm³/mol. The van der Waals surface area contributed by atoms with Crippen LogP contribution in [-0.4, -0.2) is 17.9 Å². The van der Waals surface area contributed by atoms with Crippen molar-refractivity contribution in [1.82, 2.24) is 5.32 Å². The Morgan fingerprint density at radius 2 is 1.48 bits per heavy atom. The molecule has 132 valence electrons. The third-order valence-corrected chi connectivity index (χ3v) is 3.28. The Hall–Kier alpha value is -2.83. The molecule has 0 radical (unpaired) electrons. The van der Waals surface area contributed by atoms with E-state index in [1.54, 1.807) is 12.1 Å². The first kappa shape index (κ1) is 18.5. The van der Waals surface area contributed by atoms with Crippen LogP contribution in [0, 0.1) is 0 Å². The minimum absolute atomic E-state index is 0.0443. The first-order valence-electron chi connectivity index (χ1n) is 7.56. The van der Waals surface area contributed by atoms with Crippen LogP contribution in [0.1, 0.15) is 40.1 Å². The Labute approximate surface area is 143 Å². The molecule has 4 nitrogen and oxygen atoms in total. The molecule has 0 atom stereocenters. The van der Waals surface area contributed by atoms with Crippen LogP contribution in [0.5, 0.6) is 0 Å². The second kappa shape index (κ2) is 7.38. The second-order valence-electron chi connectivity index (χ2n) is 5.74. The van der Waals surface area contributed by atoms with Crippen LogP contribution in [-0.2, 0) is 6.18 Å². The molecule has 2 N–H and O–H groups in total. The Morgan fingerprint density at radius 3 is 2.00 bits per heavy atom. The average molecular weight is 350 g/mol. The van der Waals surface area contributed by atoms with E-state index in [9.17, 15) is 22.8 Å². The molecule has 2 aromatic rings. The summed E-state index contributed by atoms with van der Waals surface area (Å²) in [6.07, 6.45) is -4.43. The number of alkyl halides is 3. The molecular formula is C18H17F3N2O2. The molecule has 2 rings (SSSR count). The van der Waals surface area contributed by atoms with Gasteiger partial charge in [-0.2, -0.15) is 13.2 Å². The zero-order chi connectivity index (χ0) is 18.6. The lowest BCUT2D eigenvalue weighted by Gasteiger charge is -2.10. The fourth-order valence-corrected chi connectivity index (χ4v) is 2.09. The largest absolute Gasteiger partial charge is 0.416 e. The molecule has 0 spiro atoms. The molecule has 0 aromatic heterocycles. The quantitative estimate of drug-likeness (QED) is 0.872. The molecule has 0 saturated heterocycles. The highest BCUT2D eigenvalue weighted by Gasteiger charge is 2.30. The lowest BCUT2D eigenvalue weighted by atomic mass is 10.1. The van der Waals surface area contributed by atoms with Crippen LogP contribution < -0.4 is 10.6 Å². The van der Waals surface area contributed by atoms with E-state index in [1.165, 1.54) is 24.3 Å². The van der Waals surface area contributed by atoms with Gasteiger partial charge in [-0.05, 0) is 56.3 Å². The van der Waals surface area contributed by atoms with Gasteiger partial charge in [0, 0.05) is 22.9 Å². The average Bonchev–Trinajstić information content (AvgIpc) is 2.54. The zero-order valence-corrected chi connectivity index (χ0v) is 13.6. The first-order chi connectivity index (χ1) is 11.7. The van der Waals surface area contributed by atoms with Crippen LogP contribution in [0.15, 0.2) is 48.5 Å². The Balaban J connectivity index is 2.12. The fourth-order valence-electron chi connectivity index (χ4n) is 2.09. The number of benzene rings is 2. The smallest absolute Gasteiger partial charge is 0.350 e. The molecule has 0 bridgehead atoms. The van der Waals surface area contributed by atoms with Gasteiger partial charge in [-0.1, -0.05) is 6.07 Å². The van der Waals surface area contributed by atoms with E-state index in [4.69, 9.17) is 0 Å². The molecule has 2 aromatic carbocycles. The summed E-state index contributed by atoms with van der Waals surface area (Å²) in [5.41, 5.74) is -0.00189. The van der Waals surface area contributed by atoms with Gasteiger partial charge < -0.3 is 10.6 Å². The number of anilines is 1. The van der Waals surface area contributed by atoms with Gasteiger partial charge in [0.15, 0.2) is 0 Å². The summed E-state index contributed by atoms with van der Waals surface area (Å²) < 4.78 is 37.6. The van der Waals surface area contributed by atoms with Crippen molar-refractivity contribution in [2.45, 2.75) is 26.1 Å². The van der Waals surface area contributed by atoms with Crippen molar-refractivity contribution >= 4 is 17.5 Å². The highest BCUT2D eigenvalue weighted by atomic mass is 19.4. The molecule has 2 amide bonds. The fraction of sp³-hybridized carbons (Fsp3) is 0.222. The summed E-state index contributed by atoms with van der Waals surface area (Å²) in [7, 11) is 0. The summed E-state index contributed by atoms with van der Waals surface area (Å²) in [5.74, 6) is -0.821. The summed E-state index contributed by atoms with van der Waals surface area (Å²) in [6, 6.07) is 10.2. The molecule has 0 aliphatic heterocycles. The minimum Gasteiger partial charge on any atom is -0.350 e. The molecule has 0 aliphatic carbocycles. The SMILES string of the molecule is CC(C)NC(=O)c1cccc(C(=O)Nc2ccc(C(F)(F)F)cc2)c1.